The van der Waals surface area contributed by atoms with Gasteiger partial charge in [0.05, 0.1) is 42.7 Å². The predicted molar refractivity (Wildman–Crippen MR) is 243 cm³/mol. The second-order valence-electron chi connectivity index (χ2n) is 13.7. The molecule has 0 N–H and O–H groups in total. The molecule has 17 heteroatoms. The van der Waals surface area contributed by atoms with Gasteiger partial charge in [0.25, 0.3) is 0 Å². The van der Waals surface area contributed by atoms with E-state index in [9.17, 15) is 9.59 Å². The fourth-order valence-electron chi connectivity index (χ4n) is 6.23. The van der Waals surface area contributed by atoms with Crippen LogP contribution in [0.1, 0.15) is 20.7 Å². The lowest BCUT2D eigenvalue weighted by molar-refractivity contribution is 0.111. The Morgan fingerprint density at radius 2 is 0.683 bits per heavy atom. The highest BCUT2D eigenvalue weighted by Crippen LogP contribution is 2.49. The number of methoxy groups -OCH3 is 6. The summed E-state index contributed by atoms with van der Waals surface area (Å²) in [5.74, 6) is 4.75. The van der Waals surface area contributed by atoms with Crippen molar-refractivity contribution in [2.24, 2.45) is 0 Å². The molecule has 0 unspecified atom stereocenters. The van der Waals surface area contributed by atoms with Gasteiger partial charge in [0.2, 0.25) is 0 Å². The molecule has 0 bridgehead atoms. The Balaban J connectivity index is 1.39. The van der Waals surface area contributed by atoms with Crippen LogP contribution in [0.2, 0.25) is 13.1 Å². The lowest BCUT2D eigenvalue weighted by atomic mass is 10.2. The summed E-state index contributed by atoms with van der Waals surface area (Å²) in [7, 11) is 1.74. The summed E-state index contributed by atoms with van der Waals surface area (Å²) in [5, 5.41) is 1.75. The van der Waals surface area contributed by atoms with Crippen molar-refractivity contribution in [2.75, 3.05) is 42.7 Å². The fourth-order valence-corrected chi connectivity index (χ4v) is 11.3. The lowest BCUT2D eigenvalue weighted by Gasteiger charge is -2.29. The summed E-state index contributed by atoms with van der Waals surface area (Å²) in [6, 6.07) is 35.1. The molecule has 0 fully saturated rings. The Hall–Kier alpha value is -6.66. The normalized spacial score (nSPS) is 11.0. The van der Waals surface area contributed by atoms with E-state index < -0.39 is 25.3 Å². The molecule has 0 aliphatic carbocycles. The molecule has 328 valence electrons. The van der Waals surface area contributed by atoms with Crippen molar-refractivity contribution in [3.63, 3.8) is 0 Å². The van der Waals surface area contributed by atoms with Gasteiger partial charge in [0.15, 0.2) is 46.0 Å². The highest BCUT2D eigenvalue weighted by molar-refractivity contribution is 7.43. The Morgan fingerprint density at radius 3 is 1.02 bits per heavy atom. The molecule has 0 saturated carbocycles. The fraction of sp³-hybridized carbons (Fsp3) is 0.174. The van der Waals surface area contributed by atoms with E-state index in [1.807, 2.05) is 48.5 Å². The van der Waals surface area contributed by atoms with E-state index in [1.54, 1.807) is 87.0 Å². The molecule has 14 nitrogen and oxygen atoms in total. The number of hydrogen-bond donors (Lipinski definition) is 0. The highest BCUT2D eigenvalue weighted by Gasteiger charge is 2.36. The maximum atomic E-state index is 11.6. The standard InChI is InChI=1S/C46H46O14P2Si/c1-49-33-19-23-37(43(27-33)53-5)57-62(58-38-24-20-34(50-2)28-44(38)54-6)60-40-14-10-12-16-46(40)63(7,8)45-15-11-9-13-39(45)59-61(55-35-21-17-31(29-47)25-41(35)51-3)56-36-22-18-32(30-48)26-42(36)52-4/h9-30H,1-8H3. The third kappa shape index (κ3) is 11.1. The summed E-state index contributed by atoms with van der Waals surface area (Å²) in [6.07, 6.45) is 1.42. The molecule has 0 amide bonds. The molecule has 0 radical (unpaired) electrons. The van der Waals surface area contributed by atoms with Gasteiger partial charge in [0.1, 0.15) is 43.6 Å². The Morgan fingerprint density at radius 1 is 0.365 bits per heavy atom. The highest BCUT2D eigenvalue weighted by atomic mass is 31.2. The molecule has 0 spiro atoms. The first-order valence-corrected chi connectivity index (χ1v) is 24.3. The van der Waals surface area contributed by atoms with E-state index in [0.717, 1.165) is 10.4 Å². The average Bonchev–Trinajstić information content (AvgIpc) is 3.32. The summed E-state index contributed by atoms with van der Waals surface area (Å²) in [4.78, 5) is 23.2. The van der Waals surface area contributed by atoms with E-state index in [2.05, 4.69) is 13.1 Å². The van der Waals surface area contributed by atoms with E-state index >= 15 is 0 Å². The molecule has 6 aromatic rings. The molecule has 6 aromatic carbocycles. The van der Waals surface area contributed by atoms with Crippen molar-refractivity contribution >= 4 is 48.2 Å². The number of carbonyl (C=O) groups excluding carboxylic acids is 2. The van der Waals surface area contributed by atoms with Gasteiger partial charge in [-0.05, 0) is 83.2 Å². The van der Waals surface area contributed by atoms with Gasteiger partial charge in [-0.2, -0.15) is 0 Å². The maximum Gasteiger partial charge on any atom is 0.530 e. The van der Waals surface area contributed by atoms with E-state index in [0.29, 0.717) is 69.7 Å². The van der Waals surface area contributed by atoms with Crippen molar-refractivity contribution in [1.29, 1.82) is 0 Å². The van der Waals surface area contributed by atoms with Crippen LogP contribution in [0.15, 0.2) is 121 Å². The summed E-state index contributed by atoms with van der Waals surface area (Å²) >= 11 is 0. The first kappa shape index (κ1) is 45.9. The van der Waals surface area contributed by atoms with E-state index in [4.69, 9.17) is 55.6 Å². The zero-order chi connectivity index (χ0) is 44.9. The SMILES string of the molecule is COc1ccc(OP(Oc2ccc(OC)cc2OC)Oc2ccccc2[Si](C)(C)c2ccccc2OP(Oc2ccc(C=O)cc2OC)Oc2ccc(C=O)cc2OC)c(OC)c1. The molecule has 0 aliphatic rings. The zero-order valence-corrected chi connectivity index (χ0v) is 38.6. The van der Waals surface area contributed by atoms with Crippen molar-refractivity contribution in [3.8, 4) is 69.0 Å². The molecule has 63 heavy (non-hydrogen) atoms. The molecule has 0 aliphatic heterocycles. The largest absolute Gasteiger partial charge is 0.530 e. The molecule has 0 aromatic heterocycles. The first-order chi connectivity index (χ1) is 30.6. The quantitative estimate of drug-likeness (QED) is 0.0362. The van der Waals surface area contributed by atoms with Crippen molar-refractivity contribution in [1.82, 2.24) is 0 Å². The van der Waals surface area contributed by atoms with Crippen LogP contribution in [0.25, 0.3) is 0 Å². The van der Waals surface area contributed by atoms with Crippen molar-refractivity contribution < 1.29 is 65.2 Å². The van der Waals surface area contributed by atoms with E-state index in [1.165, 1.54) is 28.4 Å². The topological polar surface area (TPSA) is 145 Å². The number of para-hydroxylation sites is 2. The number of ether oxygens (including phenoxy) is 6. The molecular formula is C46H46O14P2Si. The summed E-state index contributed by atoms with van der Waals surface area (Å²) in [5.41, 5.74) is 0.780. The zero-order valence-electron chi connectivity index (χ0n) is 35.8. The Bertz CT molecular complexity index is 2400. The second-order valence-corrected chi connectivity index (χ2v) is 20.0. The number of carbonyl (C=O) groups is 2. The number of rotatable bonds is 22. The minimum absolute atomic E-state index is 0.265. The molecule has 0 heterocycles. The average molecular weight is 913 g/mol. The van der Waals surface area contributed by atoms with Crippen LogP contribution in [0.5, 0.6) is 69.0 Å². The van der Waals surface area contributed by atoms with Gasteiger partial charge in [-0.25, -0.2) is 0 Å². The number of aldehydes is 2. The predicted octanol–water partition coefficient (Wildman–Crippen LogP) is 9.71. The number of benzene rings is 6. The molecular weight excluding hydrogens is 867 g/mol. The lowest BCUT2D eigenvalue weighted by Crippen LogP contribution is -2.53. The first-order valence-electron chi connectivity index (χ1n) is 19.2. The van der Waals surface area contributed by atoms with Gasteiger partial charge in [-0.15, -0.1) is 0 Å². The third-order valence-corrected chi connectivity index (χ3v) is 15.1. The number of hydrogen-bond acceptors (Lipinski definition) is 14. The molecule has 0 saturated heterocycles. The minimum Gasteiger partial charge on any atom is -0.497 e. The van der Waals surface area contributed by atoms with Crippen LogP contribution in [-0.2, 0) is 0 Å². The van der Waals surface area contributed by atoms with Crippen LogP contribution >= 0.6 is 17.2 Å². The van der Waals surface area contributed by atoms with Gasteiger partial charge in [0, 0.05) is 23.3 Å². The van der Waals surface area contributed by atoms with E-state index in [-0.39, 0.29) is 23.0 Å². The molecule has 6 rings (SSSR count). The molecule has 0 atom stereocenters. The Labute approximate surface area is 369 Å². The maximum absolute atomic E-state index is 11.6. The van der Waals surface area contributed by atoms with Crippen molar-refractivity contribution in [3.05, 3.63) is 132 Å². The van der Waals surface area contributed by atoms with Crippen LogP contribution in [0.3, 0.4) is 0 Å². The monoisotopic (exact) mass is 912 g/mol. The van der Waals surface area contributed by atoms with Gasteiger partial charge in [-0.1, -0.05) is 49.5 Å². The van der Waals surface area contributed by atoms with Crippen LogP contribution in [-0.4, -0.2) is 63.3 Å². The second kappa shape index (κ2) is 21.4. The third-order valence-electron chi connectivity index (χ3n) is 9.55. The summed E-state index contributed by atoms with van der Waals surface area (Å²) < 4.78 is 72.5. The van der Waals surface area contributed by atoms with Gasteiger partial charge in [-0.3, -0.25) is 9.59 Å². The van der Waals surface area contributed by atoms with Crippen LogP contribution in [0.4, 0.5) is 0 Å². The Kier molecular flexibility index (Phi) is 15.6. The van der Waals surface area contributed by atoms with Crippen molar-refractivity contribution in [2.45, 2.75) is 13.1 Å². The van der Waals surface area contributed by atoms with Crippen LogP contribution < -0.4 is 65.9 Å². The smallest absolute Gasteiger partial charge is 0.497 e. The minimum atomic E-state index is -2.83. The summed E-state index contributed by atoms with van der Waals surface area (Å²) in [6.45, 7) is 4.32. The van der Waals surface area contributed by atoms with Gasteiger partial charge >= 0.3 is 17.2 Å². The van der Waals surface area contributed by atoms with Gasteiger partial charge < -0.3 is 55.6 Å². The van der Waals surface area contributed by atoms with Crippen LogP contribution in [0, 0.1) is 0 Å².